The summed E-state index contributed by atoms with van der Waals surface area (Å²) in [7, 11) is 0. The molecule has 19 heavy (non-hydrogen) atoms. The van der Waals surface area contributed by atoms with Gasteiger partial charge in [0.05, 0.1) is 6.54 Å². The Labute approximate surface area is 117 Å². The van der Waals surface area contributed by atoms with Gasteiger partial charge in [0, 0.05) is 32.6 Å². The van der Waals surface area contributed by atoms with Gasteiger partial charge in [-0.2, -0.15) is 0 Å². The largest absolute Gasteiger partial charge is 0.314 e. The van der Waals surface area contributed by atoms with Gasteiger partial charge in [-0.25, -0.2) is 0 Å². The van der Waals surface area contributed by atoms with E-state index in [-0.39, 0.29) is 0 Å². The van der Waals surface area contributed by atoms with Crippen LogP contribution in [0.2, 0.25) is 0 Å². The van der Waals surface area contributed by atoms with Crippen LogP contribution in [0.4, 0.5) is 0 Å². The summed E-state index contributed by atoms with van der Waals surface area (Å²) in [6, 6.07) is 10.4. The Morgan fingerprint density at radius 2 is 1.79 bits per heavy atom. The van der Waals surface area contributed by atoms with E-state index in [2.05, 4.69) is 44.7 Å². The number of nitrogens with zero attached hydrogens (tertiary/aromatic N) is 3. The number of aromatic nitrogens is 2. The van der Waals surface area contributed by atoms with Crippen LogP contribution in [-0.2, 0) is 13.0 Å². The summed E-state index contributed by atoms with van der Waals surface area (Å²) in [6.45, 7) is 5.31. The van der Waals surface area contributed by atoms with Gasteiger partial charge in [-0.05, 0) is 5.56 Å². The third-order valence-electron chi connectivity index (χ3n) is 3.28. The first-order valence-corrected chi connectivity index (χ1v) is 7.50. The monoisotopic (exact) mass is 274 g/mol. The van der Waals surface area contributed by atoms with Crippen molar-refractivity contribution in [2.45, 2.75) is 13.0 Å². The second kappa shape index (κ2) is 6.23. The van der Waals surface area contributed by atoms with Crippen LogP contribution in [-0.4, -0.2) is 41.3 Å². The molecular formula is C14H18N4S. The molecule has 0 aliphatic carbocycles. The Hall–Kier alpha value is -1.30. The molecule has 0 radical (unpaired) electrons. The second-order valence-corrected chi connectivity index (χ2v) is 5.92. The summed E-state index contributed by atoms with van der Waals surface area (Å²) in [6.07, 6.45) is 0.889. The molecule has 2 heterocycles. The Morgan fingerprint density at radius 1 is 1.05 bits per heavy atom. The zero-order valence-electron chi connectivity index (χ0n) is 10.9. The molecule has 3 rings (SSSR count). The van der Waals surface area contributed by atoms with Crippen molar-refractivity contribution in [1.82, 2.24) is 20.4 Å². The summed E-state index contributed by atoms with van der Waals surface area (Å²) in [5.74, 6) is 0. The molecular weight excluding hydrogens is 256 g/mol. The van der Waals surface area contributed by atoms with Crippen molar-refractivity contribution >= 4 is 11.3 Å². The lowest BCUT2D eigenvalue weighted by Crippen LogP contribution is -2.42. The fourth-order valence-corrected chi connectivity index (χ4v) is 3.18. The Bertz CT molecular complexity index is 505. The molecule has 0 unspecified atom stereocenters. The topological polar surface area (TPSA) is 41.1 Å². The normalized spacial score (nSPS) is 16.6. The van der Waals surface area contributed by atoms with Crippen LogP contribution in [0.3, 0.4) is 0 Å². The molecule has 0 spiro atoms. The predicted molar refractivity (Wildman–Crippen MR) is 77.3 cm³/mol. The van der Waals surface area contributed by atoms with Crippen LogP contribution >= 0.6 is 11.3 Å². The van der Waals surface area contributed by atoms with Crippen LogP contribution in [0.1, 0.15) is 15.6 Å². The highest BCUT2D eigenvalue weighted by molar-refractivity contribution is 7.11. The van der Waals surface area contributed by atoms with Gasteiger partial charge in [0.15, 0.2) is 0 Å². The smallest absolute Gasteiger partial charge is 0.131 e. The van der Waals surface area contributed by atoms with Gasteiger partial charge in [-0.3, -0.25) is 4.90 Å². The van der Waals surface area contributed by atoms with E-state index in [0.29, 0.717) is 0 Å². The maximum Gasteiger partial charge on any atom is 0.131 e. The van der Waals surface area contributed by atoms with Crippen molar-refractivity contribution in [3.8, 4) is 0 Å². The van der Waals surface area contributed by atoms with E-state index in [1.165, 1.54) is 5.56 Å². The molecule has 0 bridgehead atoms. The lowest BCUT2D eigenvalue weighted by Gasteiger charge is -2.25. The van der Waals surface area contributed by atoms with Crippen molar-refractivity contribution in [1.29, 1.82) is 0 Å². The zero-order valence-corrected chi connectivity index (χ0v) is 11.7. The van der Waals surface area contributed by atoms with E-state index in [9.17, 15) is 0 Å². The number of hydrogen-bond acceptors (Lipinski definition) is 5. The van der Waals surface area contributed by atoms with Gasteiger partial charge in [0.1, 0.15) is 10.0 Å². The van der Waals surface area contributed by atoms with Crippen molar-refractivity contribution in [2.24, 2.45) is 0 Å². The van der Waals surface area contributed by atoms with Crippen molar-refractivity contribution < 1.29 is 0 Å². The number of rotatable bonds is 4. The lowest BCUT2D eigenvalue weighted by molar-refractivity contribution is 0.232. The highest BCUT2D eigenvalue weighted by Gasteiger charge is 2.13. The predicted octanol–water partition coefficient (Wildman–Crippen LogP) is 1.53. The third-order valence-corrected chi connectivity index (χ3v) is 4.18. The molecule has 1 aromatic heterocycles. The van der Waals surface area contributed by atoms with E-state index < -0.39 is 0 Å². The van der Waals surface area contributed by atoms with Crippen molar-refractivity contribution in [3.63, 3.8) is 0 Å². The van der Waals surface area contributed by atoms with Gasteiger partial charge < -0.3 is 5.32 Å². The molecule has 5 heteroatoms. The summed E-state index contributed by atoms with van der Waals surface area (Å²) >= 11 is 1.74. The van der Waals surface area contributed by atoms with E-state index in [0.717, 1.165) is 49.2 Å². The van der Waals surface area contributed by atoms with Crippen LogP contribution < -0.4 is 5.32 Å². The standard InChI is InChI=1S/C14H18N4S/c1-2-4-12(5-3-1)10-13-16-17-14(19-13)11-18-8-6-15-7-9-18/h1-5,15H,6-11H2. The maximum atomic E-state index is 4.31. The molecule has 1 saturated heterocycles. The molecule has 100 valence electrons. The summed E-state index contributed by atoms with van der Waals surface area (Å²) in [5.41, 5.74) is 1.30. The van der Waals surface area contributed by atoms with Crippen LogP contribution in [0, 0.1) is 0 Å². The van der Waals surface area contributed by atoms with Crippen molar-refractivity contribution in [2.75, 3.05) is 26.2 Å². The number of piperazine rings is 1. The van der Waals surface area contributed by atoms with E-state index in [1.54, 1.807) is 11.3 Å². The van der Waals surface area contributed by atoms with Gasteiger partial charge in [0.2, 0.25) is 0 Å². The molecule has 0 atom stereocenters. The fraction of sp³-hybridized carbons (Fsp3) is 0.429. The van der Waals surface area contributed by atoms with Gasteiger partial charge in [-0.1, -0.05) is 41.7 Å². The first-order valence-electron chi connectivity index (χ1n) is 6.68. The average Bonchev–Trinajstić information content (AvgIpc) is 2.88. The van der Waals surface area contributed by atoms with E-state index in [1.807, 2.05) is 6.07 Å². The number of nitrogens with one attached hydrogen (secondary N) is 1. The van der Waals surface area contributed by atoms with Crippen molar-refractivity contribution in [3.05, 3.63) is 45.9 Å². The Balaban J connectivity index is 1.59. The molecule has 4 nitrogen and oxygen atoms in total. The molecule has 1 N–H and O–H groups in total. The Morgan fingerprint density at radius 3 is 2.58 bits per heavy atom. The quantitative estimate of drug-likeness (QED) is 0.918. The van der Waals surface area contributed by atoms with E-state index >= 15 is 0 Å². The third kappa shape index (κ3) is 3.59. The summed E-state index contributed by atoms with van der Waals surface area (Å²) < 4.78 is 0. The first kappa shape index (κ1) is 12.7. The maximum absolute atomic E-state index is 4.31. The fourth-order valence-electron chi connectivity index (χ4n) is 2.25. The molecule has 0 saturated carbocycles. The molecule has 0 amide bonds. The number of hydrogen-bond donors (Lipinski definition) is 1. The van der Waals surface area contributed by atoms with Crippen LogP contribution in [0.15, 0.2) is 30.3 Å². The van der Waals surface area contributed by atoms with Gasteiger partial charge in [0.25, 0.3) is 0 Å². The Kier molecular flexibility index (Phi) is 4.17. The second-order valence-electron chi connectivity index (χ2n) is 4.78. The minimum atomic E-state index is 0.889. The highest BCUT2D eigenvalue weighted by atomic mass is 32.1. The minimum Gasteiger partial charge on any atom is -0.314 e. The highest BCUT2D eigenvalue weighted by Crippen LogP contribution is 2.16. The van der Waals surface area contributed by atoms with Crippen LogP contribution in [0.25, 0.3) is 0 Å². The van der Waals surface area contributed by atoms with Gasteiger partial charge in [-0.15, -0.1) is 10.2 Å². The first-order chi connectivity index (χ1) is 9.40. The molecule has 1 aliphatic rings. The minimum absolute atomic E-state index is 0.889. The average molecular weight is 274 g/mol. The van der Waals surface area contributed by atoms with E-state index in [4.69, 9.17) is 0 Å². The van der Waals surface area contributed by atoms with Gasteiger partial charge >= 0.3 is 0 Å². The van der Waals surface area contributed by atoms with Crippen LogP contribution in [0.5, 0.6) is 0 Å². The number of benzene rings is 1. The molecule has 1 fully saturated rings. The lowest BCUT2D eigenvalue weighted by atomic mass is 10.2. The molecule has 1 aliphatic heterocycles. The SMILES string of the molecule is c1ccc(Cc2nnc(CN3CCNCC3)s2)cc1. The zero-order chi connectivity index (χ0) is 12.9. The molecule has 1 aromatic carbocycles. The molecule has 2 aromatic rings. The summed E-state index contributed by atoms with van der Waals surface area (Å²) in [5, 5.41) is 14.2. The summed E-state index contributed by atoms with van der Waals surface area (Å²) in [4.78, 5) is 2.43.